The average molecular weight is 300 g/mol. The van der Waals surface area contributed by atoms with Gasteiger partial charge in [-0.1, -0.05) is 17.7 Å². The van der Waals surface area contributed by atoms with Gasteiger partial charge in [0.15, 0.2) is 5.11 Å². The Kier molecular flexibility index (Phi) is 6.05. The van der Waals surface area contributed by atoms with Crippen molar-refractivity contribution in [1.29, 1.82) is 0 Å². The Labute approximate surface area is 123 Å². The number of thiocarbonyl (C=S) groups is 1. The predicted molar refractivity (Wildman–Crippen MR) is 83.7 cm³/mol. The Bertz CT molecular complexity index is 477. The van der Waals surface area contributed by atoms with Crippen LogP contribution in [0.15, 0.2) is 18.2 Å². The van der Waals surface area contributed by atoms with Gasteiger partial charge in [-0.2, -0.15) is 0 Å². The molecule has 0 aliphatic carbocycles. The quantitative estimate of drug-likeness (QED) is 0.748. The minimum atomic E-state index is -0.0954. The number of rotatable bonds is 4. The lowest BCUT2D eigenvalue weighted by Crippen LogP contribution is -2.41. The van der Waals surface area contributed by atoms with Crippen LogP contribution in [0.5, 0.6) is 0 Å². The number of amides is 1. The van der Waals surface area contributed by atoms with Gasteiger partial charge in [0, 0.05) is 16.8 Å². The van der Waals surface area contributed by atoms with E-state index in [1.54, 1.807) is 0 Å². The van der Waals surface area contributed by atoms with Crippen LogP contribution < -0.4 is 16.0 Å². The molecule has 1 amide bonds. The summed E-state index contributed by atoms with van der Waals surface area (Å²) in [5.41, 5.74) is 1.74. The molecule has 104 valence electrons. The zero-order chi connectivity index (χ0) is 14.4. The second kappa shape index (κ2) is 7.31. The van der Waals surface area contributed by atoms with Crippen molar-refractivity contribution in [3.05, 3.63) is 28.8 Å². The number of hydrogen-bond acceptors (Lipinski definition) is 2. The summed E-state index contributed by atoms with van der Waals surface area (Å²) >= 11 is 11.1. The molecule has 0 spiro atoms. The molecule has 4 nitrogen and oxygen atoms in total. The summed E-state index contributed by atoms with van der Waals surface area (Å²) in [4.78, 5) is 11.4. The number of carbonyl (C=O) groups is 1. The Morgan fingerprint density at radius 3 is 2.74 bits per heavy atom. The van der Waals surface area contributed by atoms with Gasteiger partial charge in [0.05, 0.1) is 6.54 Å². The second-order valence-electron chi connectivity index (χ2n) is 4.44. The highest BCUT2D eigenvalue weighted by Crippen LogP contribution is 2.22. The van der Waals surface area contributed by atoms with E-state index in [-0.39, 0.29) is 18.5 Å². The molecule has 1 aromatic rings. The van der Waals surface area contributed by atoms with Crippen molar-refractivity contribution in [2.24, 2.45) is 0 Å². The zero-order valence-corrected chi connectivity index (χ0v) is 12.8. The number of anilines is 1. The van der Waals surface area contributed by atoms with Crippen molar-refractivity contribution in [3.8, 4) is 0 Å². The fourth-order valence-corrected chi connectivity index (χ4v) is 1.80. The van der Waals surface area contributed by atoms with E-state index >= 15 is 0 Å². The van der Waals surface area contributed by atoms with Crippen LogP contribution in [-0.2, 0) is 4.79 Å². The third-order valence-electron chi connectivity index (χ3n) is 2.38. The van der Waals surface area contributed by atoms with Gasteiger partial charge < -0.3 is 16.0 Å². The standard InChI is InChI=1S/C13H18ClN3OS/c1-8(2)16-12(18)7-15-13(19)17-11-6-4-5-10(14)9(11)3/h4-6,8H,7H2,1-3H3,(H,16,18)(H2,15,17,19). The van der Waals surface area contributed by atoms with Gasteiger partial charge >= 0.3 is 0 Å². The van der Waals surface area contributed by atoms with Gasteiger partial charge in [-0.05, 0) is 50.7 Å². The van der Waals surface area contributed by atoms with E-state index in [0.717, 1.165) is 11.3 Å². The molecule has 0 aliphatic rings. The molecule has 6 heteroatoms. The Balaban J connectivity index is 2.48. The third-order valence-corrected chi connectivity index (χ3v) is 3.03. The van der Waals surface area contributed by atoms with Crippen LogP contribution in [0.3, 0.4) is 0 Å². The molecular formula is C13H18ClN3OS. The first-order chi connectivity index (χ1) is 8.90. The maximum atomic E-state index is 11.4. The summed E-state index contributed by atoms with van der Waals surface area (Å²) < 4.78 is 0. The molecule has 0 saturated heterocycles. The number of carbonyl (C=O) groups excluding carboxylic acids is 1. The average Bonchev–Trinajstić information content (AvgIpc) is 2.32. The van der Waals surface area contributed by atoms with Gasteiger partial charge in [-0.3, -0.25) is 4.79 Å². The lowest BCUT2D eigenvalue weighted by atomic mass is 10.2. The third kappa shape index (κ3) is 5.44. The molecule has 0 atom stereocenters. The van der Waals surface area contributed by atoms with Crippen molar-refractivity contribution in [3.63, 3.8) is 0 Å². The van der Waals surface area contributed by atoms with E-state index in [1.807, 2.05) is 39.0 Å². The lowest BCUT2D eigenvalue weighted by Gasteiger charge is -2.14. The van der Waals surface area contributed by atoms with Gasteiger partial charge in [0.25, 0.3) is 0 Å². The molecule has 3 N–H and O–H groups in total. The molecule has 0 heterocycles. The van der Waals surface area contributed by atoms with Gasteiger partial charge in [-0.15, -0.1) is 0 Å². The van der Waals surface area contributed by atoms with Crippen molar-refractivity contribution >= 4 is 40.5 Å². The molecule has 0 fully saturated rings. The van der Waals surface area contributed by atoms with Crippen LogP contribution in [0.4, 0.5) is 5.69 Å². The van der Waals surface area contributed by atoms with Gasteiger partial charge in [0.1, 0.15) is 0 Å². The van der Waals surface area contributed by atoms with E-state index < -0.39 is 0 Å². The smallest absolute Gasteiger partial charge is 0.239 e. The highest BCUT2D eigenvalue weighted by molar-refractivity contribution is 7.80. The number of halogens is 1. The number of nitrogens with one attached hydrogen (secondary N) is 3. The largest absolute Gasteiger partial charge is 0.353 e. The van der Waals surface area contributed by atoms with Crippen LogP contribution >= 0.6 is 23.8 Å². The maximum Gasteiger partial charge on any atom is 0.239 e. The topological polar surface area (TPSA) is 53.2 Å². The summed E-state index contributed by atoms with van der Waals surface area (Å²) in [6.45, 7) is 5.86. The van der Waals surface area contributed by atoms with E-state index in [2.05, 4.69) is 16.0 Å². The molecule has 1 rings (SSSR count). The number of hydrogen-bond donors (Lipinski definition) is 3. The SMILES string of the molecule is Cc1c(Cl)cccc1NC(=S)NCC(=O)NC(C)C. The van der Waals surface area contributed by atoms with Crippen molar-refractivity contribution in [1.82, 2.24) is 10.6 Å². The molecular weight excluding hydrogens is 282 g/mol. The Morgan fingerprint density at radius 1 is 1.42 bits per heavy atom. The second-order valence-corrected chi connectivity index (χ2v) is 5.26. The summed E-state index contributed by atoms with van der Waals surface area (Å²) in [6, 6.07) is 5.65. The lowest BCUT2D eigenvalue weighted by molar-refractivity contribution is -0.120. The fourth-order valence-electron chi connectivity index (χ4n) is 1.44. The van der Waals surface area contributed by atoms with Crippen LogP contribution in [0.25, 0.3) is 0 Å². The summed E-state index contributed by atoms with van der Waals surface area (Å²) in [7, 11) is 0. The monoisotopic (exact) mass is 299 g/mol. The molecule has 0 saturated carbocycles. The summed E-state index contributed by atoms with van der Waals surface area (Å²) in [5.74, 6) is -0.0954. The Morgan fingerprint density at radius 2 is 2.11 bits per heavy atom. The maximum absolute atomic E-state index is 11.4. The first-order valence-electron chi connectivity index (χ1n) is 5.99. The van der Waals surface area contributed by atoms with Crippen LogP contribution in [0, 0.1) is 6.92 Å². The van der Waals surface area contributed by atoms with E-state index in [1.165, 1.54) is 0 Å². The molecule has 1 aromatic carbocycles. The first kappa shape index (κ1) is 15.7. The van der Waals surface area contributed by atoms with Crippen molar-refractivity contribution in [2.75, 3.05) is 11.9 Å². The molecule has 0 aromatic heterocycles. The predicted octanol–water partition coefficient (Wildman–Crippen LogP) is 2.46. The van der Waals surface area contributed by atoms with Crippen LogP contribution in [0.1, 0.15) is 19.4 Å². The van der Waals surface area contributed by atoms with E-state index in [9.17, 15) is 4.79 Å². The van der Waals surface area contributed by atoms with E-state index in [4.69, 9.17) is 23.8 Å². The molecule has 0 aliphatic heterocycles. The molecule has 0 bridgehead atoms. The molecule has 0 unspecified atom stereocenters. The Hall–Kier alpha value is -1.33. The minimum absolute atomic E-state index is 0.0954. The highest BCUT2D eigenvalue weighted by Gasteiger charge is 2.06. The van der Waals surface area contributed by atoms with Gasteiger partial charge in [0.2, 0.25) is 5.91 Å². The zero-order valence-electron chi connectivity index (χ0n) is 11.2. The number of benzene rings is 1. The van der Waals surface area contributed by atoms with E-state index in [0.29, 0.717) is 10.1 Å². The summed E-state index contributed by atoms with van der Waals surface area (Å²) in [5, 5.41) is 9.70. The fraction of sp³-hybridized carbons (Fsp3) is 0.385. The summed E-state index contributed by atoms with van der Waals surface area (Å²) in [6.07, 6.45) is 0. The normalized spacial score (nSPS) is 10.2. The highest BCUT2D eigenvalue weighted by atomic mass is 35.5. The molecule has 19 heavy (non-hydrogen) atoms. The molecule has 0 radical (unpaired) electrons. The van der Waals surface area contributed by atoms with Crippen LogP contribution in [-0.4, -0.2) is 23.6 Å². The minimum Gasteiger partial charge on any atom is -0.353 e. The van der Waals surface area contributed by atoms with Crippen molar-refractivity contribution < 1.29 is 4.79 Å². The van der Waals surface area contributed by atoms with Gasteiger partial charge in [-0.25, -0.2) is 0 Å². The van der Waals surface area contributed by atoms with Crippen LogP contribution in [0.2, 0.25) is 5.02 Å². The first-order valence-corrected chi connectivity index (χ1v) is 6.78. The van der Waals surface area contributed by atoms with Crippen molar-refractivity contribution in [2.45, 2.75) is 26.8 Å².